The van der Waals surface area contributed by atoms with Gasteiger partial charge in [-0.05, 0) is 30.3 Å². The number of aromatic nitrogens is 1. The average molecular weight is 355 g/mol. The quantitative estimate of drug-likeness (QED) is 0.664. The van der Waals surface area contributed by atoms with Gasteiger partial charge in [0.2, 0.25) is 0 Å². The van der Waals surface area contributed by atoms with E-state index >= 15 is 0 Å². The van der Waals surface area contributed by atoms with Gasteiger partial charge in [-0.1, -0.05) is 41.9 Å². The molecule has 0 radical (unpaired) electrons. The molecule has 1 aromatic heterocycles. The third kappa shape index (κ3) is 2.72. The maximum absolute atomic E-state index is 14.5. The van der Waals surface area contributed by atoms with Crippen LogP contribution in [0.25, 0.3) is 0 Å². The minimum absolute atomic E-state index is 0.189. The Labute approximate surface area is 150 Å². The van der Waals surface area contributed by atoms with E-state index in [-0.39, 0.29) is 11.7 Å². The Kier molecular flexibility index (Phi) is 4.06. The standard InChI is InChI=1S/C20H16ClFN2O/c21-16-8-3-1-6-14(16)20(25)24-13-12-23-11-5-10-18(23)19(24)15-7-2-4-9-17(15)22/h1-11,19H,12-13H2. The molecule has 0 N–H and O–H groups in total. The number of hydrogen-bond donors (Lipinski definition) is 0. The van der Waals surface area contributed by atoms with Gasteiger partial charge in [0.25, 0.3) is 5.91 Å². The van der Waals surface area contributed by atoms with Crippen molar-refractivity contribution in [3.8, 4) is 0 Å². The Balaban J connectivity index is 1.83. The van der Waals surface area contributed by atoms with Gasteiger partial charge in [0.1, 0.15) is 11.9 Å². The molecule has 1 atom stereocenters. The molecule has 0 fully saturated rings. The first-order valence-corrected chi connectivity index (χ1v) is 8.49. The zero-order valence-corrected chi connectivity index (χ0v) is 14.2. The molecule has 0 saturated heterocycles. The van der Waals surface area contributed by atoms with E-state index in [1.807, 2.05) is 18.3 Å². The van der Waals surface area contributed by atoms with Crippen molar-refractivity contribution in [3.63, 3.8) is 0 Å². The third-order valence-corrected chi connectivity index (χ3v) is 4.93. The summed E-state index contributed by atoms with van der Waals surface area (Å²) in [6.45, 7) is 1.16. The number of benzene rings is 2. The molecule has 3 nitrogen and oxygen atoms in total. The highest BCUT2D eigenvalue weighted by Crippen LogP contribution is 2.35. The van der Waals surface area contributed by atoms with Crippen molar-refractivity contribution in [2.75, 3.05) is 6.54 Å². The van der Waals surface area contributed by atoms with Crippen LogP contribution in [0.15, 0.2) is 66.9 Å². The summed E-state index contributed by atoms with van der Waals surface area (Å²) in [5.74, 6) is -0.509. The van der Waals surface area contributed by atoms with Crippen LogP contribution in [0.1, 0.15) is 27.7 Å². The van der Waals surface area contributed by atoms with Crippen molar-refractivity contribution < 1.29 is 9.18 Å². The summed E-state index contributed by atoms with van der Waals surface area (Å²) in [6, 6.07) is 16.9. The van der Waals surface area contributed by atoms with Crippen LogP contribution in [0.4, 0.5) is 4.39 Å². The lowest BCUT2D eigenvalue weighted by Crippen LogP contribution is -2.42. The molecule has 1 aliphatic rings. The zero-order chi connectivity index (χ0) is 17.4. The van der Waals surface area contributed by atoms with Gasteiger partial charge >= 0.3 is 0 Å². The largest absolute Gasteiger partial charge is 0.348 e. The van der Waals surface area contributed by atoms with Crippen molar-refractivity contribution in [3.05, 3.63) is 94.5 Å². The number of hydrogen-bond acceptors (Lipinski definition) is 1. The molecule has 1 aliphatic heterocycles. The molecule has 1 amide bonds. The first kappa shape index (κ1) is 15.9. The van der Waals surface area contributed by atoms with E-state index in [4.69, 9.17) is 11.6 Å². The van der Waals surface area contributed by atoms with Gasteiger partial charge in [0, 0.05) is 30.5 Å². The fraction of sp³-hybridized carbons (Fsp3) is 0.150. The molecule has 1 unspecified atom stereocenters. The minimum Gasteiger partial charge on any atom is -0.348 e. The summed E-state index contributed by atoms with van der Waals surface area (Å²) in [6.07, 6.45) is 1.96. The van der Waals surface area contributed by atoms with Crippen molar-refractivity contribution in [1.82, 2.24) is 9.47 Å². The number of amides is 1. The van der Waals surface area contributed by atoms with E-state index in [2.05, 4.69) is 4.57 Å². The number of nitrogens with zero attached hydrogens (tertiary/aromatic N) is 2. The maximum atomic E-state index is 14.5. The average Bonchev–Trinajstić information content (AvgIpc) is 3.10. The highest BCUT2D eigenvalue weighted by Gasteiger charge is 2.34. The van der Waals surface area contributed by atoms with Crippen molar-refractivity contribution in [1.29, 1.82) is 0 Å². The Hall–Kier alpha value is -2.59. The third-order valence-electron chi connectivity index (χ3n) is 4.60. The summed E-state index contributed by atoms with van der Waals surface area (Å²) in [4.78, 5) is 14.9. The number of fused-ring (bicyclic) bond motifs is 1. The van der Waals surface area contributed by atoms with Crippen LogP contribution in [0, 0.1) is 5.82 Å². The van der Waals surface area contributed by atoms with Crippen LogP contribution in [-0.4, -0.2) is 21.9 Å². The molecule has 0 aliphatic carbocycles. The van der Waals surface area contributed by atoms with Gasteiger partial charge in [0.05, 0.1) is 10.6 Å². The van der Waals surface area contributed by atoms with Crippen LogP contribution in [-0.2, 0) is 6.54 Å². The second-order valence-electron chi connectivity index (χ2n) is 6.03. The van der Waals surface area contributed by atoms with Gasteiger partial charge in [-0.25, -0.2) is 4.39 Å². The summed E-state index contributed by atoms with van der Waals surface area (Å²) >= 11 is 6.22. The monoisotopic (exact) mass is 354 g/mol. The molecule has 3 aromatic rings. The maximum Gasteiger partial charge on any atom is 0.256 e. The van der Waals surface area contributed by atoms with Crippen molar-refractivity contribution >= 4 is 17.5 Å². The Bertz CT molecular complexity index is 937. The van der Waals surface area contributed by atoms with Crippen LogP contribution < -0.4 is 0 Å². The summed E-state index contributed by atoms with van der Waals surface area (Å²) in [5.41, 5.74) is 1.82. The molecule has 0 bridgehead atoms. The number of carbonyl (C=O) groups excluding carboxylic acids is 1. The minimum atomic E-state index is -0.478. The van der Waals surface area contributed by atoms with Crippen molar-refractivity contribution in [2.24, 2.45) is 0 Å². The smallest absolute Gasteiger partial charge is 0.256 e. The molecule has 5 heteroatoms. The predicted octanol–water partition coefficient (Wildman–Crippen LogP) is 4.53. The normalized spacial score (nSPS) is 16.6. The van der Waals surface area contributed by atoms with Gasteiger partial charge in [-0.15, -0.1) is 0 Å². The first-order chi connectivity index (χ1) is 12.2. The summed E-state index contributed by atoms with van der Waals surface area (Å²) in [5, 5.41) is 0.403. The van der Waals surface area contributed by atoms with Gasteiger partial charge < -0.3 is 9.47 Å². The van der Waals surface area contributed by atoms with E-state index in [0.29, 0.717) is 29.2 Å². The molecule has 126 valence electrons. The van der Waals surface area contributed by atoms with E-state index < -0.39 is 6.04 Å². The topological polar surface area (TPSA) is 25.2 Å². The number of rotatable bonds is 2. The molecule has 25 heavy (non-hydrogen) atoms. The fourth-order valence-corrected chi connectivity index (χ4v) is 3.63. The Morgan fingerprint density at radius 3 is 2.56 bits per heavy atom. The van der Waals surface area contributed by atoms with E-state index in [1.165, 1.54) is 6.07 Å². The molecule has 2 heterocycles. The van der Waals surface area contributed by atoms with Crippen LogP contribution in [0.3, 0.4) is 0 Å². The Morgan fingerprint density at radius 2 is 1.76 bits per heavy atom. The molecule has 2 aromatic carbocycles. The zero-order valence-electron chi connectivity index (χ0n) is 13.4. The fourth-order valence-electron chi connectivity index (χ4n) is 3.42. The second-order valence-corrected chi connectivity index (χ2v) is 6.44. The summed E-state index contributed by atoms with van der Waals surface area (Å²) < 4.78 is 16.6. The molecular weight excluding hydrogens is 339 g/mol. The van der Waals surface area contributed by atoms with Gasteiger partial charge in [-0.2, -0.15) is 0 Å². The highest BCUT2D eigenvalue weighted by molar-refractivity contribution is 6.33. The lowest BCUT2D eigenvalue weighted by molar-refractivity contribution is 0.0661. The van der Waals surface area contributed by atoms with Crippen LogP contribution in [0.2, 0.25) is 5.02 Å². The van der Waals surface area contributed by atoms with Crippen LogP contribution >= 0.6 is 11.6 Å². The first-order valence-electron chi connectivity index (χ1n) is 8.12. The van der Waals surface area contributed by atoms with Gasteiger partial charge in [-0.3, -0.25) is 4.79 Å². The summed E-state index contributed by atoms with van der Waals surface area (Å²) in [7, 11) is 0. The molecule has 0 saturated carbocycles. The highest BCUT2D eigenvalue weighted by atomic mass is 35.5. The van der Waals surface area contributed by atoms with E-state index in [1.54, 1.807) is 47.4 Å². The lowest BCUT2D eigenvalue weighted by atomic mass is 9.98. The number of carbonyl (C=O) groups is 1. The van der Waals surface area contributed by atoms with Gasteiger partial charge in [0.15, 0.2) is 0 Å². The lowest BCUT2D eigenvalue weighted by Gasteiger charge is -2.37. The molecule has 4 rings (SSSR count). The SMILES string of the molecule is O=C(c1ccccc1Cl)N1CCn2cccc2C1c1ccccc1F. The number of halogens is 2. The Morgan fingerprint density at radius 1 is 1.00 bits per heavy atom. The molecule has 0 spiro atoms. The van der Waals surface area contributed by atoms with Crippen molar-refractivity contribution in [2.45, 2.75) is 12.6 Å². The van der Waals surface area contributed by atoms with Crippen LogP contribution in [0.5, 0.6) is 0 Å². The predicted molar refractivity (Wildman–Crippen MR) is 95.2 cm³/mol. The second kappa shape index (κ2) is 6.37. The van der Waals surface area contributed by atoms with E-state index in [9.17, 15) is 9.18 Å². The molecular formula is C20H16ClFN2O. The van der Waals surface area contributed by atoms with E-state index in [0.717, 1.165) is 5.69 Å².